The molecule has 0 saturated carbocycles. The normalized spacial score (nSPS) is 11.1. The van der Waals surface area contributed by atoms with E-state index in [9.17, 15) is 10.1 Å². The van der Waals surface area contributed by atoms with E-state index >= 15 is 0 Å². The maximum atomic E-state index is 11.0. The second-order valence-electron chi connectivity index (χ2n) is 4.86. The number of nitrogens with zero attached hydrogens (tertiary/aromatic N) is 4. The van der Waals surface area contributed by atoms with Crippen molar-refractivity contribution in [3.05, 3.63) is 73.0 Å². The van der Waals surface area contributed by atoms with E-state index in [1.54, 1.807) is 24.3 Å². The largest absolute Gasteiger partial charge is 0.288 e. The Balaban J connectivity index is 2.02. The minimum Gasteiger partial charge on any atom is -0.258 e. The van der Waals surface area contributed by atoms with Gasteiger partial charge in [0.25, 0.3) is 5.69 Å². The van der Waals surface area contributed by atoms with Gasteiger partial charge < -0.3 is 0 Å². The van der Waals surface area contributed by atoms with E-state index in [1.807, 2.05) is 6.07 Å². The lowest BCUT2D eigenvalue weighted by molar-refractivity contribution is -0.384. The van der Waals surface area contributed by atoms with Crippen molar-refractivity contribution < 1.29 is 4.92 Å². The molecule has 0 aliphatic rings. The monoisotopic (exact) mass is 393 g/mol. The number of nitro groups is 1. The summed E-state index contributed by atoms with van der Waals surface area (Å²) in [5.74, 6) is 0.426. The Kier molecular flexibility index (Phi) is 4.93. The fourth-order valence-corrected chi connectivity index (χ4v) is 2.68. The van der Waals surface area contributed by atoms with E-state index in [4.69, 9.17) is 35.4 Å². The lowest BCUT2D eigenvalue weighted by Gasteiger charge is -2.03. The summed E-state index contributed by atoms with van der Waals surface area (Å²) < 4.78 is 1.64. The lowest BCUT2D eigenvalue weighted by Crippen LogP contribution is -1.96. The van der Waals surface area contributed by atoms with Crippen LogP contribution in [0.15, 0.2) is 47.6 Å². The Bertz CT molecular complexity index is 1040. The maximum Gasteiger partial charge on any atom is 0.288 e. The molecule has 1 aromatic heterocycles. The molecule has 1 heterocycles. The number of aromatic amines is 1. The number of aromatic nitrogens is 3. The van der Waals surface area contributed by atoms with Gasteiger partial charge >= 0.3 is 0 Å². The molecule has 0 fully saturated rings. The van der Waals surface area contributed by atoms with Crippen LogP contribution < -0.4 is 0 Å². The highest BCUT2D eigenvalue weighted by Gasteiger charge is 2.13. The van der Waals surface area contributed by atoms with Crippen LogP contribution in [-0.2, 0) is 0 Å². The van der Waals surface area contributed by atoms with Gasteiger partial charge in [-0.25, -0.2) is 5.10 Å². The molecule has 0 radical (unpaired) electrons. The Morgan fingerprint density at radius 1 is 1.24 bits per heavy atom. The number of benzene rings is 2. The summed E-state index contributed by atoms with van der Waals surface area (Å²) in [4.78, 5) is 10.4. The Labute approximate surface area is 156 Å². The summed E-state index contributed by atoms with van der Waals surface area (Å²) >= 11 is 17.2. The van der Waals surface area contributed by atoms with E-state index in [0.29, 0.717) is 22.0 Å². The van der Waals surface area contributed by atoms with Gasteiger partial charge in [-0.05, 0) is 30.4 Å². The van der Waals surface area contributed by atoms with Crippen molar-refractivity contribution in [3.8, 4) is 11.4 Å². The van der Waals surface area contributed by atoms with E-state index in [2.05, 4.69) is 15.3 Å². The van der Waals surface area contributed by atoms with E-state index < -0.39 is 4.92 Å². The highest BCUT2D eigenvalue weighted by atomic mass is 35.5. The second kappa shape index (κ2) is 7.14. The van der Waals surface area contributed by atoms with Gasteiger partial charge in [0.05, 0.1) is 16.2 Å². The number of rotatable bonds is 4. The molecule has 0 unspecified atom stereocenters. The molecule has 3 aromatic rings. The zero-order valence-corrected chi connectivity index (χ0v) is 14.7. The predicted octanol–water partition coefficient (Wildman–Crippen LogP) is 4.70. The summed E-state index contributed by atoms with van der Waals surface area (Å²) in [5, 5.41) is 22.6. The minimum absolute atomic E-state index is 0.0545. The molecule has 10 heteroatoms. The lowest BCUT2D eigenvalue weighted by atomic mass is 10.2. The molecule has 0 atom stereocenters. The highest BCUT2D eigenvalue weighted by Crippen LogP contribution is 2.26. The molecule has 3 rings (SSSR count). The van der Waals surface area contributed by atoms with Crippen molar-refractivity contribution in [2.24, 2.45) is 5.10 Å². The fraction of sp³-hybridized carbons (Fsp3) is 0. The quantitative estimate of drug-likeness (QED) is 0.301. The van der Waals surface area contributed by atoms with Gasteiger partial charge in [-0.15, -0.1) is 0 Å². The predicted molar refractivity (Wildman–Crippen MR) is 99.0 cm³/mol. The van der Waals surface area contributed by atoms with Crippen LogP contribution in [0.5, 0.6) is 0 Å². The van der Waals surface area contributed by atoms with Crippen LogP contribution in [-0.4, -0.2) is 26.0 Å². The van der Waals surface area contributed by atoms with Gasteiger partial charge in [0, 0.05) is 17.2 Å². The van der Waals surface area contributed by atoms with Gasteiger partial charge in [0.1, 0.15) is 5.02 Å². The number of nitrogens with one attached hydrogen (secondary N) is 1. The van der Waals surface area contributed by atoms with Gasteiger partial charge in [-0.3, -0.25) is 10.1 Å². The van der Waals surface area contributed by atoms with Crippen molar-refractivity contribution >= 4 is 47.3 Å². The Hall–Kier alpha value is -2.55. The van der Waals surface area contributed by atoms with E-state index in [0.717, 1.165) is 0 Å². The van der Waals surface area contributed by atoms with Crippen LogP contribution >= 0.6 is 35.4 Å². The molecule has 0 aliphatic heterocycles. The van der Waals surface area contributed by atoms with Crippen LogP contribution in [0.2, 0.25) is 10.0 Å². The van der Waals surface area contributed by atoms with E-state index in [-0.39, 0.29) is 15.5 Å². The molecule has 7 nitrogen and oxygen atoms in total. The Morgan fingerprint density at radius 2 is 2.00 bits per heavy atom. The first kappa shape index (κ1) is 17.3. The van der Waals surface area contributed by atoms with Crippen LogP contribution in [0.3, 0.4) is 0 Å². The summed E-state index contributed by atoms with van der Waals surface area (Å²) in [6.07, 6.45) is 1.43. The minimum atomic E-state index is -0.557. The van der Waals surface area contributed by atoms with Crippen LogP contribution in [0.1, 0.15) is 5.56 Å². The zero-order chi connectivity index (χ0) is 18.0. The molecule has 0 amide bonds. The Morgan fingerprint density at radius 3 is 2.72 bits per heavy atom. The van der Waals surface area contributed by atoms with Gasteiger partial charge in [0.15, 0.2) is 5.82 Å². The van der Waals surface area contributed by atoms with Crippen molar-refractivity contribution in [1.82, 2.24) is 14.9 Å². The van der Waals surface area contributed by atoms with Gasteiger partial charge in [0.2, 0.25) is 4.77 Å². The molecule has 0 spiro atoms. The molecule has 126 valence electrons. The first-order chi connectivity index (χ1) is 12.0. The molecule has 0 saturated heterocycles. The van der Waals surface area contributed by atoms with Gasteiger partial charge in [-0.2, -0.15) is 14.9 Å². The summed E-state index contributed by atoms with van der Waals surface area (Å²) in [6.45, 7) is 0. The molecular formula is C15H9Cl2N5O2S. The number of hydrogen-bond acceptors (Lipinski definition) is 5. The molecule has 0 bridgehead atoms. The SMILES string of the molecule is O=[N+]([O-])c1cc(/C=N/n2c(-c3ccccc3Cl)n[nH]c2=S)ccc1Cl. The number of H-pyrrole nitrogens is 1. The number of hydrogen-bond donors (Lipinski definition) is 1. The molecular weight excluding hydrogens is 385 g/mol. The topological polar surface area (TPSA) is 89.1 Å². The zero-order valence-electron chi connectivity index (χ0n) is 12.4. The van der Waals surface area contributed by atoms with Gasteiger partial charge in [-0.1, -0.05) is 41.4 Å². The average Bonchev–Trinajstić information content (AvgIpc) is 2.95. The van der Waals surface area contributed by atoms with Crippen molar-refractivity contribution in [2.75, 3.05) is 0 Å². The summed E-state index contributed by atoms with van der Waals surface area (Å²) in [7, 11) is 0. The molecule has 2 aromatic carbocycles. The van der Waals surface area contributed by atoms with Crippen LogP contribution in [0.4, 0.5) is 5.69 Å². The first-order valence-electron chi connectivity index (χ1n) is 6.88. The van der Waals surface area contributed by atoms with Crippen molar-refractivity contribution in [1.29, 1.82) is 0 Å². The first-order valence-corrected chi connectivity index (χ1v) is 8.04. The highest BCUT2D eigenvalue weighted by molar-refractivity contribution is 7.71. The maximum absolute atomic E-state index is 11.0. The standard InChI is InChI=1S/C15H9Cl2N5O2S/c16-11-4-2-1-3-10(11)14-19-20-15(25)21(14)18-8-9-5-6-12(17)13(7-9)22(23)24/h1-8H,(H,20,25)/b18-8+. The third-order valence-electron chi connectivity index (χ3n) is 3.25. The summed E-state index contributed by atoms with van der Waals surface area (Å²) in [6, 6.07) is 11.5. The molecule has 25 heavy (non-hydrogen) atoms. The van der Waals surface area contributed by atoms with E-state index in [1.165, 1.54) is 23.0 Å². The third kappa shape index (κ3) is 3.60. The molecule has 1 N–H and O–H groups in total. The fourth-order valence-electron chi connectivity index (χ4n) is 2.09. The molecule has 0 aliphatic carbocycles. The average molecular weight is 394 g/mol. The third-order valence-corrected chi connectivity index (χ3v) is 4.17. The van der Waals surface area contributed by atoms with Crippen molar-refractivity contribution in [3.63, 3.8) is 0 Å². The number of halogens is 2. The van der Waals surface area contributed by atoms with Crippen molar-refractivity contribution in [2.45, 2.75) is 0 Å². The number of nitro benzene ring substituents is 1. The smallest absolute Gasteiger partial charge is 0.258 e. The summed E-state index contributed by atoms with van der Waals surface area (Å²) in [5.41, 5.74) is 0.938. The van der Waals surface area contributed by atoms with Crippen LogP contribution in [0, 0.1) is 14.9 Å². The second-order valence-corrected chi connectivity index (χ2v) is 6.06. The van der Waals surface area contributed by atoms with Crippen LogP contribution in [0.25, 0.3) is 11.4 Å².